The molecule has 0 N–H and O–H groups in total. The fourth-order valence-corrected chi connectivity index (χ4v) is 2.91. The highest BCUT2D eigenvalue weighted by Crippen LogP contribution is 2.17. The fraction of sp³-hybridized carbons (Fsp3) is 0.556. The third kappa shape index (κ3) is 4.32. The first-order chi connectivity index (χ1) is 10.9. The third-order valence-corrected chi connectivity index (χ3v) is 4.22. The minimum atomic E-state index is -0.331. The molecule has 1 unspecified atom stereocenters. The first-order valence-corrected chi connectivity index (χ1v) is 8.12. The van der Waals surface area contributed by atoms with Crippen molar-refractivity contribution in [2.24, 2.45) is 5.92 Å². The molecule has 1 aliphatic heterocycles. The van der Waals surface area contributed by atoms with E-state index in [0.29, 0.717) is 18.0 Å². The van der Waals surface area contributed by atoms with Crippen LogP contribution in [0.15, 0.2) is 24.3 Å². The molecule has 1 aromatic rings. The van der Waals surface area contributed by atoms with Crippen LogP contribution < -0.4 is 0 Å². The Kier molecular flexibility index (Phi) is 5.77. The molecule has 1 atom stereocenters. The molecule has 2 rings (SSSR count). The molecule has 1 saturated heterocycles. The number of nitrogens with zero attached hydrogens (tertiary/aromatic N) is 2. The zero-order chi connectivity index (χ0) is 17.0. The average Bonchev–Trinajstić information content (AvgIpc) is 2.54. The summed E-state index contributed by atoms with van der Waals surface area (Å²) in [6.45, 7) is 9.42. The quantitative estimate of drug-likeness (QED) is 0.781. The highest BCUT2D eigenvalue weighted by Gasteiger charge is 2.31. The number of carbonyl (C=O) groups is 2. The van der Waals surface area contributed by atoms with Crippen molar-refractivity contribution in [2.75, 3.05) is 26.7 Å². The van der Waals surface area contributed by atoms with Crippen LogP contribution in [0, 0.1) is 5.92 Å². The monoisotopic (exact) mass is 318 g/mol. The van der Waals surface area contributed by atoms with E-state index in [-0.39, 0.29) is 17.9 Å². The maximum absolute atomic E-state index is 12.5. The van der Waals surface area contributed by atoms with Crippen molar-refractivity contribution in [3.05, 3.63) is 35.4 Å². The van der Waals surface area contributed by atoms with E-state index in [1.807, 2.05) is 24.0 Å². The molecular weight excluding hydrogens is 292 g/mol. The molecule has 0 aliphatic carbocycles. The Balaban J connectivity index is 1.98. The first kappa shape index (κ1) is 17.5. The van der Waals surface area contributed by atoms with Crippen molar-refractivity contribution < 1.29 is 14.3 Å². The topological polar surface area (TPSA) is 49.9 Å². The van der Waals surface area contributed by atoms with Gasteiger partial charge in [-0.1, -0.05) is 26.0 Å². The number of benzene rings is 1. The normalized spacial score (nSPS) is 19.3. The Bertz CT molecular complexity index is 554. The van der Waals surface area contributed by atoms with Crippen molar-refractivity contribution in [2.45, 2.75) is 33.4 Å². The molecule has 1 fully saturated rings. The van der Waals surface area contributed by atoms with E-state index in [1.54, 1.807) is 12.1 Å². The van der Waals surface area contributed by atoms with Gasteiger partial charge in [0.05, 0.1) is 18.7 Å². The summed E-state index contributed by atoms with van der Waals surface area (Å²) in [5, 5.41) is 0. The maximum Gasteiger partial charge on any atom is 0.337 e. The van der Waals surface area contributed by atoms with E-state index in [9.17, 15) is 9.59 Å². The summed E-state index contributed by atoms with van der Waals surface area (Å²) < 4.78 is 4.70. The number of esters is 1. The van der Waals surface area contributed by atoms with Crippen LogP contribution in [0.1, 0.15) is 36.7 Å². The van der Waals surface area contributed by atoms with Gasteiger partial charge >= 0.3 is 5.97 Å². The number of amides is 1. The van der Waals surface area contributed by atoms with Crippen LogP contribution in [0.4, 0.5) is 0 Å². The average molecular weight is 318 g/mol. The largest absolute Gasteiger partial charge is 0.465 e. The molecule has 0 aromatic heterocycles. The zero-order valence-electron chi connectivity index (χ0n) is 14.4. The van der Waals surface area contributed by atoms with Crippen LogP contribution in [-0.2, 0) is 16.1 Å². The predicted molar refractivity (Wildman–Crippen MR) is 89.1 cm³/mol. The summed E-state index contributed by atoms with van der Waals surface area (Å²) in [5.74, 6) is 0.363. The molecule has 5 heteroatoms. The van der Waals surface area contributed by atoms with Crippen LogP contribution in [0.5, 0.6) is 0 Å². The van der Waals surface area contributed by atoms with Crippen LogP contribution in [0.2, 0.25) is 0 Å². The molecule has 5 nitrogen and oxygen atoms in total. The summed E-state index contributed by atoms with van der Waals surface area (Å²) in [5.41, 5.74) is 1.64. The lowest BCUT2D eigenvalue weighted by Gasteiger charge is -2.39. The first-order valence-electron chi connectivity index (χ1n) is 8.12. The lowest BCUT2D eigenvalue weighted by Crippen LogP contribution is -2.56. The molecule has 0 saturated carbocycles. The number of rotatable bonds is 5. The van der Waals surface area contributed by atoms with E-state index >= 15 is 0 Å². The molecule has 0 radical (unpaired) electrons. The Morgan fingerprint density at radius 1 is 1.26 bits per heavy atom. The molecule has 1 aliphatic rings. The zero-order valence-corrected chi connectivity index (χ0v) is 14.4. The lowest BCUT2D eigenvalue weighted by molar-refractivity contribution is -0.141. The molecule has 1 amide bonds. The molecule has 126 valence electrons. The SMILES string of the molecule is COC(=O)c1ccc(CN2CCN(CC(C)C)C(=O)C2C)cc1. The fourth-order valence-electron chi connectivity index (χ4n) is 2.91. The van der Waals surface area contributed by atoms with Crippen LogP contribution in [0.3, 0.4) is 0 Å². The second kappa shape index (κ2) is 7.59. The standard InChI is InChI=1S/C18H26N2O3/c1-13(2)11-20-10-9-19(14(3)17(20)21)12-15-5-7-16(8-6-15)18(22)23-4/h5-8,13-14H,9-12H2,1-4H3. The Labute approximate surface area is 138 Å². The summed E-state index contributed by atoms with van der Waals surface area (Å²) >= 11 is 0. The van der Waals surface area contributed by atoms with Gasteiger partial charge in [-0.15, -0.1) is 0 Å². The highest BCUT2D eigenvalue weighted by atomic mass is 16.5. The molecule has 23 heavy (non-hydrogen) atoms. The minimum Gasteiger partial charge on any atom is -0.465 e. The van der Waals surface area contributed by atoms with Crippen molar-refractivity contribution in [3.63, 3.8) is 0 Å². The second-order valence-electron chi connectivity index (χ2n) is 6.51. The van der Waals surface area contributed by atoms with Gasteiger partial charge in [0.2, 0.25) is 5.91 Å². The van der Waals surface area contributed by atoms with Crippen LogP contribution >= 0.6 is 0 Å². The smallest absolute Gasteiger partial charge is 0.337 e. The van der Waals surface area contributed by atoms with Crippen molar-refractivity contribution in [1.29, 1.82) is 0 Å². The van der Waals surface area contributed by atoms with Crippen LogP contribution in [-0.4, -0.2) is 54.5 Å². The molecule has 0 spiro atoms. The number of hydrogen-bond acceptors (Lipinski definition) is 4. The second-order valence-corrected chi connectivity index (χ2v) is 6.51. The van der Waals surface area contributed by atoms with Crippen LogP contribution in [0.25, 0.3) is 0 Å². The minimum absolute atomic E-state index is 0.109. The summed E-state index contributed by atoms with van der Waals surface area (Å²) in [6, 6.07) is 7.27. The number of piperazine rings is 1. The van der Waals surface area contributed by atoms with Gasteiger partial charge in [0.15, 0.2) is 0 Å². The molecule has 1 heterocycles. The lowest BCUT2D eigenvalue weighted by atomic mass is 10.1. The third-order valence-electron chi connectivity index (χ3n) is 4.22. The maximum atomic E-state index is 12.5. The molecule has 1 aromatic carbocycles. The Morgan fingerprint density at radius 3 is 2.48 bits per heavy atom. The van der Waals surface area contributed by atoms with Crippen molar-refractivity contribution in [1.82, 2.24) is 9.80 Å². The van der Waals surface area contributed by atoms with Gasteiger partial charge in [-0.05, 0) is 30.5 Å². The van der Waals surface area contributed by atoms with E-state index in [4.69, 9.17) is 4.74 Å². The van der Waals surface area contributed by atoms with Gasteiger partial charge in [-0.3, -0.25) is 9.69 Å². The van der Waals surface area contributed by atoms with E-state index < -0.39 is 0 Å². The van der Waals surface area contributed by atoms with Crippen molar-refractivity contribution >= 4 is 11.9 Å². The number of methoxy groups -OCH3 is 1. The number of ether oxygens (including phenoxy) is 1. The Hall–Kier alpha value is -1.88. The predicted octanol–water partition coefficient (Wildman–Crippen LogP) is 2.16. The van der Waals surface area contributed by atoms with Gasteiger partial charge < -0.3 is 9.64 Å². The number of hydrogen-bond donors (Lipinski definition) is 0. The van der Waals surface area contributed by atoms with Gasteiger partial charge in [0.1, 0.15) is 0 Å². The Morgan fingerprint density at radius 2 is 1.91 bits per heavy atom. The summed E-state index contributed by atoms with van der Waals surface area (Å²) in [6.07, 6.45) is 0. The van der Waals surface area contributed by atoms with Gasteiger partial charge in [-0.2, -0.15) is 0 Å². The summed E-state index contributed by atoms with van der Waals surface area (Å²) in [4.78, 5) is 28.1. The van der Waals surface area contributed by atoms with E-state index in [0.717, 1.165) is 25.2 Å². The number of carbonyl (C=O) groups excluding carboxylic acids is 2. The van der Waals surface area contributed by atoms with Gasteiger partial charge in [0, 0.05) is 26.2 Å². The highest BCUT2D eigenvalue weighted by molar-refractivity contribution is 5.89. The molecule has 0 bridgehead atoms. The van der Waals surface area contributed by atoms with E-state index in [2.05, 4.69) is 18.7 Å². The molecular formula is C18H26N2O3. The van der Waals surface area contributed by atoms with E-state index in [1.165, 1.54) is 7.11 Å². The van der Waals surface area contributed by atoms with Gasteiger partial charge in [0.25, 0.3) is 0 Å². The van der Waals surface area contributed by atoms with Gasteiger partial charge in [-0.25, -0.2) is 4.79 Å². The van der Waals surface area contributed by atoms with Crippen molar-refractivity contribution in [3.8, 4) is 0 Å². The summed E-state index contributed by atoms with van der Waals surface area (Å²) in [7, 11) is 1.38.